The van der Waals surface area contributed by atoms with Crippen molar-refractivity contribution in [1.82, 2.24) is 15.5 Å². The lowest BCUT2D eigenvalue weighted by atomic mass is 9.65. The summed E-state index contributed by atoms with van der Waals surface area (Å²) < 4.78 is 5.31. The Balaban J connectivity index is 1.48. The molecule has 3 rings (SSSR count). The molecule has 7 nitrogen and oxygen atoms in total. The van der Waals surface area contributed by atoms with Gasteiger partial charge in [-0.3, -0.25) is 4.79 Å². The molecule has 1 aliphatic carbocycles. The van der Waals surface area contributed by atoms with E-state index in [1.807, 2.05) is 18.7 Å². The molecule has 2 aliphatic rings. The minimum absolute atomic E-state index is 0.0642. The zero-order valence-electron chi connectivity index (χ0n) is 19.3. The largest absolute Gasteiger partial charge is 0.452 e. The summed E-state index contributed by atoms with van der Waals surface area (Å²) in [5.74, 6) is -0.629. The quantitative estimate of drug-likeness (QED) is 0.678. The topological polar surface area (TPSA) is 87.7 Å². The second-order valence-electron chi connectivity index (χ2n) is 10.5. The molecule has 1 saturated heterocycles. The van der Waals surface area contributed by atoms with Crippen molar-refractivity contribution in [2.24, 2.45) is 10.8 Å². The van der Waals surface area contributed by atoms with Gasteiger partial charge in [-0.05, 0) is 61.6 Å². The van der Waals surface area contributed by atoms with E-state index < -0.39 is 5.97 Å². The standard InChI is InChI=1S/C24H35N3O4/c1-16(2)26-22(30)25-12-17-6-8-18(9-7-17)21(29)31-13-20(28)27-15-24(5)11-19(27)10-23(3,4)14-24/h6-9,16,19H,10-15H2,1-5H3,(H2,25,26,30)/t19-,24-/m1/s1. The number of rotatable bonds is 6. The van der Waals surface area contributed by atoms with Crippen LogP contribution in [0.1, 0.15) is 69.8 Å². The number of nitrogens with one attached hydrogen (secondary N) is 2. The zero-order valence-corrected chi connectivity index (χ0v) is 19.3. The summed E-state index contributed by atoms with van der Waals surface area (Å²) in [6.07, 6.45) is 3.13. The number of urea groups is 1. The van der Waals surface area contributed by atoms with E-state index in [0.29, 0.717) is 12.1 Å². The Bertz CT molecular complexity index is 834. The van der Waals surface area contributed by atoms with E-state index in [1.165, 1.54) is 0 Å². The minimum Gasteiger partial charge on any atom is -0.452 e. The molecular formula is C24H35N3O4. The third-order valence-corrected chi connectivity index (χ3v) is 6.12. The lowest BCUT2D eigenvalue weighted by Crippen LogP contribution is -2.39. The van der Waals surface area contributed by atoms with Gasteiger partial charge < -0.3 is 20.3 Å². The molecule has 1 heterocycles. The summed E-state index contributed by atoms with van der Waals surface area (Å²) in [7, 11) is 0. The van der Waals surface area contributed by atoms with E-state index >= 15 is 0 Å². The molecule has 0 unspecified atom stereocenters. The maximum atomic E-state index is 12.8. The number of hydrogen-bond acceptors (Lipinski definition) is 4. The van der Waals surface area contributed by atoms with Crippen molar-refractivity contribution in [3.8, 4) is 0 Å². The fourth-order valence-corrected chi connectivity index (χ4v) is 5.30. The van der Waals surface area contributed by atoms with E-state index in [0.717, 1.165) is 31.4 Å². The fourth-order valence-electron chi connectivity index (χ4n) is 5.30. The number of benzene rings is 1. The van der Waals surface area contributed by atoms with E-state index in [4.69, 9.17) is 4.74 Å². The highest BCUT2D eigenvalue weighted by Crippen LogP contribution is 2.52. The van der Waals surface area contributed by atoms with Crippen LogP contribution in [0, 0.1) is 10.8 Å². The van der Waals surface area contributed by atoms with Gasteiger partial charge in [0, 0.05) is 25.2 Å². The van der Waals surface area contributed by atoms with Gasteiger partial charge in [-0.15, -0.1) is 0 Å². The van der Waals surface area contributed by atoms with Gasteiger partial charge in [0.05, 0.1) is 5.56 Å². The molecule has 2 N–H and O–H groups in total. The molecule has 0 radical (unpaired) electrons. The third kappa shape index (κ3) is 5.99. The summed E-state index contributed by atoms with van der Waals surface area (Å²) in [5.41, 5.74) is 1.64. The lowest BCUT2D eigenvalue weighted by Gasteiger charge is -2.39. The first-order valence-electron chi connectivity index (χ1n) is 11.1. The summed E-state index contributed by atoms with van der Waals surface area (Å²) in [6, 6.07) is 6.89. The highest BCUT2D eigenvalue weighted by molar-refractivity contribution is 5.91. The number of nitrogens with zero attached hydrogens (tertiary/aromatic N) is 1. The molecule has 1 saturated carbocycles. The molecule has 170 valence electrons. The predicted molar refractivity (Wildman–Crippen MR) is 118 cm³/mol. The van der Waals surface area contributed by atoms with Gasteiger partial charge in [-0.25, -0.2) is 9.59 Å². The van der Waals surface area contributed by atoms with Gasteiger partial charge in [0.25, 0.3) is 5.91 Å². The molecule has 2 bridgehead atoms. The maximum absolute atomic E-state index is 12.8. The average molecular weight is 430 g/mol. The molecule has 31 heavy (non-hydrogen) atoms. The second kappa shape index (κ2) is 8.89. The Labute approximate surface area is 184 Å². The van der Waals surface area contributed by atoms with Crippen LogP contribution in [0.25, 0.3) is 0 Å². The Morgan fingerprint density at radius 2 is 1.81 bits per heavy atom. The molecule has 1 aliphatic heterocycles. The van der Waals surface area contributed by atoms with Gasteiger partial charge in [0.1, 0.15) is 0 Å². The van der Waals surface area contributed by atoms with Crippen LogP contribution in [0.3, 0.4) is 0 Å². The van der Waals surface area contributed by atoms with Crippen LogP contribution in [0.2, 0.25) is 0 Å². The van der Waals surface area contributed by atoms with E-state index in [2.05, 4.69) is 31.4 Å². The number of carbonyl (C=O) groups is 3. The number of esters is 1. The van der Waals surface area contributed by atoms with Crippen LogP contribution < -0.4 is 10.6 Å². The van der Waals surface area contributed by atoms with Gasteiger partial charge in [0.2, 0.25) is 0 Å². The Morgan fingerprint density at radius 3 is 2.45 bits per heavy atom. The van der Waals surface area contributed by atoms with Crippen molar-refractivity contribution in [3.05, 3.63) is 35.4 Å². The lowest BCUT2D eigenvalue weighted by molar-refractivity contribution is -0.135. The van der Waals surface area contributed by atoms with E-state index in [-0.39, 0.29) is 41.5 Å². The van der Waals surface area contributed by atoms with Gasteiger partial charge in [-0.1, -0.05) is 32.9 Å². The van der Waals surface area contributed by atoms with E-state index in [1.54, 1.807) is 24.3 Å². The summed E-state index contributed by atoms with van der Waals surface area (Å²) in [4.78, 5) is 38.7. The summed E-state index contributed by atoms with van der Waals surface area (Å²) in [6.45, 7) is 11.4. The first kappa shape index (κ1) is 23.1. The Morgan fingerprint density at radius 1 is 1.13 bits per heavy atom. The van der Waals surface area contributed by atoms with Crippen LogP contribution in [0.5, 0.6) is 0 Å². The molecule has 1 aromatic carbocycles. The monoisotopic (exact) mass is 429 g/mol. The normalized spacial score (nSPS) is 24.1. The number of ether oxygens (including phenoxy) is 1. The van der Waals surface area contributed by atoms with Gasteiger partial charge >= 0.3 is 12.0 Å². The van der Waals surface area contributed by atoms with Crippen molar-refractivity contribution >= 4 is 17.9 Å². The molecule has 2 atom stereocenters. The first-order chi connectivity index (χ1) is 14.5. The van der Waals surface area contributed by atoms with Crippen molar-refractivity contribution < 1.29 is 19.1 Å². The first-order valence-corrected chi connectivity index (χ1v) is 11.1. The smallest absolute Gasteiger partial charge is 0.338 e. The molecule has 1 aromatic rings. The van der Waals surface area contributed by atoms with Crippen LogP contribution in [0.15, 0.2) is 24.3 Å². The Hall–Kier alpha value is -2.57. The fraction of sp³-hybridized carbons (Fsp3) is 0.625. The molecular weight excluding hydrogens is 394 g/mol. The van der Waals surface area contributed by atoms with E-state index in [9.17, 15) is 14.4 Å². The summed E-state index contributed by atoms with van der Waals surface area (Å²) in [5, 5.41) is 5.51. The summed E-state index contributed by atoms with van der Waals surface area (Å²) >= 11 is 0. The Kier molecular flexibility index (Phi) is 6.62. The molecule has 0 aromatic heterocycles. The zero-order chi connectivity index (χ0) is 22.8. The average Bonchev–Trinajstić information content (AvgIpc) is 2.92. The van der Waals surface area contributed by atoms with Crippen molar-refractivity contribution in [3.63, 3.8) is 0 Å². The third-order valence-electron chi connectivity index (χ3n) is 6.12. The van der Waals surface area contributed by atoms with Crippen molar-refractivity contribution in [2.75, 3.05) is 13.2 Å². The minimum atomic E-state index is -0.515. The highest BCUT2D eigenvalue weighted by Gasteiger charge is 2.50. The molecule has 2 fully saturated rings. The van der Waals surface area contributed by atoms with Crippen LogP contribution in [-0.2, 0) is 16.1 Å². The van der Waals surface area contributed by atoms with Gasteiger partial charge in [-0.2, -0.15) is 0 Å². The highest BCUT2D eigenvalue weighted by atomic mass is 16.5. The van der Waals surface area contributed by atoms with Gasteiger partial charge in [0.15, 0.2) is 6.61 Å². The number of likely N-dealkylation sites (tertiary alicyclic amines) is 1. The molecule has 3 amide bonds. The number of fused-ring (bicyclic) bond motifs is 2. The maximum Gasteiger partial charge on any atom is 0.338 e. The van der Waals surface area contributed by atoms with Crippen LogP contribution in [0.4, 0.5) is 4.79 Å². The van der Waals surface area contributed by atoms with Crippen molar-refractivity contribution in [2.45, 2.75) is 72.5 Å². The van der Waals surface area contributed by atoms with Crippen LogP contribution >= 0.6 is 0 Å². The number of carbonyl (C=O) groups excluding carboxylic acids is 3. The molecule has 0 spiro atoms. The molecule has 7 heteroatoms. The van der Waals surface area contributed by atoms with Crippen molar-refractivity contribution in [1.29, 1.82) is 0 Å². The predicted octanol–water partition coefficient (Wildman–Crippen LogP) is 3.48. The second-order valence-corrected chi connectivity index (χ2v) is 10.5. The SMILES string of the molecule is CC(C)NC(=O)NCc1ccc(C(=O)OCC(=O)N2C[C@]3(C)C[C@H]2CC(C)(C)C3)cc1. The number of hydrogen-bond donors (Lipinski definition) is 2. The van der Waals surface area contributed by atoms with Crippen LogP contribution in [-0.4, -0.2) is 48.0 Å². The number of amides is 3.